The Morgan fingerprint density at radius 1 is 1.04 bits per heavy atom. The molecule has 2 rings (SSSR count). The minimum atomic E-state index is -3.32. The molecule has 0 heterocycles. The number of carboxylic acid groups (broad SMARTS) is 1. The molecule has 0 saturated carbocycles. The first kappa shape index (κ1) is 18.4. The summed E-state index contributed by atoms with van der Waals surface area (Å²) in [6.45, 7) is 1.99. The van der Waals surface area contributed by atoms with E-state index in [-0.39, 0.29) is 19.2 Å². The minimum absolute atomic E-state index is 0.211. The van der Waals surface area contributed by atoms with E-state index >= 15 is 0 Å². The maximum absolute atomic E-state index is 13.3. The molecule has 0 aliphatic rings. The predicted octanol–water partition coefficient (Wildman–Crippen LogP) is 4.24. The van der Waals surface area contributed by atoms with Crippen molar-refractivity contribution in [1.82, 2.24) is 0 Å². The second-order valence-electron chi connectivity index (χ2n) is 5.65. The third kappa shape index (κ3) is 5.05. The largest absolute Gasteiger partial charge is 0.481 e. The van der Waals surface area contributed by atoms with Crippen LogP contribution in [0.1, 0.15) is 18.1 Å². The molecule has 0 spiro atoms. The van der Waals surface area contributed by atoms with E-state index in [0.29, 0.717) is 6.42 Å². The summed E-state index contributed by atoms with van der Waals surface area (Å²) in [6, 6.07) is 18.9. The average Bonchev–Trinajstić information content (AvgIpc) is 2.60. The van der Waals surface area contributed by atoms with Crippen LogP contribution in [0.3, 0.4) is 0 Å². The SMILES string of the molecule is CCOP(=O)(CCc1ccccc1)[C@@H](Cc1ccccc1)C(=O)O. The summed E-state index contributed by atoms with van der Waals surface area (Å²) in [4.78, 5) is 11.8. The molecule has 0 aliphatic carbocycles. The van der Waals surface area contributed by atoms with Gasteiger partial charge in [0.2, 0.25) is 7.37 Å². The maximum atomic E-state index is 13.3. The number of carbonyl (C=O) groups is 1. The van der Waals surface area contributed by atoms with E-state index in [0.717, 1.165) is 11.1 Å². The first-order valence-corrected chi connectivity index (χ1v) is 9.97. The number of rotatable bonds is 9. The summed E-state index contributed by atoms with van der Waals surface area (Å²) in [7, 11) is -3.32. The van der Waals surface area contributed by atoms with Crippen LogP contribution in [0, 0.1) is 0 Å². The Labute approximate surface area is 142 Å². The van der Waals surface area contributed by atoms with Crippen LogP contribution in [0.15, 0.2) is 60.7 Å². The van der Waals surface area contributed by atoms with Crippen LogP contribution in [0.4, 0.5) is 0 Å². The quantitative estimate of drug-likeness (QED) is 0.690. The minimum Gasteiger partial charge on any atom is -0.481 e. The Hall–Kier alpha value is -1.90. The number of aryl methyl sites for hydroxylation is 1. The van der Waals surface area contributed by atoms with E-state index in [1.54, 1.807) is 6.92 Å². The fourth-order valence-electron chi connectivity index (χ4n) is 2.69. The van der Waals surface area contributed by atoms with Crippen LogP contribution in [0.5, 0.6) is 0 Å². The third-order valence-electron chi connectivity index (χ3n) is 3.93. The molecule has 2 atom stereocenters. The van der Waals surface area contributed by atoms with Gasteiger partial charge in [0.15, 0.2) is 0 Å². The third-order valence-corrected chi connectivity index (χ3v) is 6.83. The summed E-state index contributed by atoms with van der Waals surface area (Å²) in [5.74, 6) is -1.07. The molecule has 1 unspecified atom stereocenters. The first-order chi connectivity index (χ1) is 11.5. The zero-order valence-corrected chi connectivity index (χ0v) is 14.7. The monoisotopic (exact) mass is 346 g/mol. The highest BCUT2D eigenvalue weighted by molar-refractivity contribution is 7.60. The van der Waals surface area contributed by atoms with Crippen LogP contribution in [-0.4, -0.2) is 29.5 Å². The van der Waals surface area contributed by atoms with Crippen molar-refractivity contribution in [2.75, 3.05) is 12.8 Å². The lowest BCUT2D eigenvalue weighted by atomic mass is 10.1. The van der Waals surface area contributed by atoms with Gasteiger partial charge in [0, 0.05) is 6.16 Å². The van der Waals surface area contributed by atoms with Crippen molar-refractivity contribution < 1.29 is 19.0 Å². The zero-order valence-electron chi connectivity index (χ0n) is 13.8. The van der Waals surface area contributed by atoms with Crippen LogP contribution in [-0.2, 0) is 26.7 Å². The zero-order chi connectivity index (χ0) is 17.4. The molecule has 2 aromatic carbocycles. The van der Waals surface area contributed by atoms with E-state index in [1.165, 1.54) is 0 Å². The molecule has 0 radical (unpaired) electrons. The number of hydrogen-bond donors (Lipinski definition) is 1. The fraction of sp³-hybridized carbons (Fsp3) is 0.316. The highest BCUT2D eigenvalue weighted by Crippen LogP contribution is 2.53. The lowest BCUT2D eigenvalue weighted by Gasteiger charge is -2.24. The van der Waals surface area contributed by atoms with Crippen molar-refractivity contribution in [1.29, 1.82) is 0 Å². The van der Waals surface area contributed by atoms with Gasteiger partial charge in [-0.05, 0) is 30.9 Å². The lowest BCUT2D eigenvalue weighted by Crippen LogP contribution is -2.26. The molecule has 24 heavy (non-hydrogen) atoms. The number of carboxylic acids is 1. The summed E-state index contributed by atoms with van der Waals surface area (Å²) in [6.07, 6.45) is 0.980. The van der Waals surface area contributed by atoms with Crippen LogP contribution in [0.2, 0.25) is 0 Å². The molecule has 4 nitrogen and oxygen atoms in total. The normalized spacial score (nSPS) is 14.7. The van der Waals surface area contributed by atoms with Gasteiger partial charge in [-0.1, -0.05) is 60.7 Å². The molecule has 0 fully saturated rings. The van der Waals surface area contributed by atoms with Crippen LogP contribution in [0.25, 0.3) is 0 Å². The maximum Gasteiger partial charge on any atom is 0.316 e. The molecule has 1 N–H and O–H groups in total. The Balaban J connectivity index is 2.19. The number of hydrogen-bond acceptors (Lipinski definition) is 3. The van der Waals surface area contributed by atoms with E-state index < -0.39 is 19.0 Å². The smallest absolute Gasteiger partial charge is 0.316 e. The van der Waals surface area contributed by atoms with Crippen molar-refractivity contribution in [2.45, 2.75) is 25.4 Å². The van der Waals surface area contributed by atoms with Gasteiger partial charge in [0.05, 0.1) is 6.61 Å². The lowest BCUT2D eigenvalue weighted by molar-refractivity contribution is -0.136. The number of aliphatic carboxylic acids is 1. The molecule has 0 aromatic heterocycles. The topological polar surface area (TPSA) is 63.6 Å². The van der Waals surface area contributed by atoms with Gasteiger partial charge in [-0.3, -0.25) is 9.36 Å². The molecule has 0 bridgehead atoms. The van der Waals surface area contributed by atoms with Crippen LogP contribution < -0.4 is 0 Å². The molecule has 0 aliphatic heterocycles. The Morgan fingerprint density at radius 3 is 2.08 bits per heavy atom. The summed E-state index contributed by atoms with van der Waals surface area (Å²) in [5.41, 5.74) is 0.856. The molecule has 128 valence electrons. The highest BCUT2D eigenvalue weighted by Gasteiger charge is 2.39. The van der Waals surface area contributed by atoms with Gasteiger partial charge in [0.1, 0.15) is 5.66 Å². The molecule has 5 heteroatoms. The van der Waals surface area contributed by atoms with E-state index in [2.05, 4.69) is 0 Å². The van der Waals surface area contributed by atoms with Gasteiger partial charge in [-0.2, -0.15) is 0 Å². The van der Waals surface area contributed by atoms with Crippen molar-refractivity contribution >= 4 is 13.3 Å². The Morgan fingerprint density at radius 2 is 1.58 bits per heavy atom. The summed E-state index contributed by atoms with van der Waals surface area (Å²) < 4.78 is 18.9. The van der Waals surface area contributed by atoms with E-state index in [9.17, 15) is 14.5 Å². The number of benzene rings is 2. The molecular formula is C19H23O4P. The molecule has 0 amide bonds. The second kappa shape index (κ2) is 8.81. The molecule has 2 aromatic rings. The average molecular weight is 346 g/mol. The standard InChI is InChI=1S/C19H23O4P/c1-2-23-24(22,14-13-16-9-5-3-6-10-16)18(19(20)21)15-17-11-7-4-8-12-17/h3-12,18H,2,13-15H2,1H3,(H,20,21)/t18-,24?/m0/s1. The van der Waals surface area contributed by atoms with Crippen molar-refractivity contribution in [3.8, 4) is 0 Å². The van der Waals surface area contributed by atoms with Gasteiger partial charge in [-0.15, -0.1) is 0 Å². The van der Waals surface area contributed by atoms with Gasteiger partial charge < -0.3 is 9.63 Å². The van der Waals surface area contributed by atoms with E-state index in [4.69, 9.17) is 4.52 Å². The molecular weight excluding hydrogens is 323 g/mol. The Bertz CT molecular complexity index is 685. The summed E-state index contributed by atoms with van der Waals surface area (Å²) in [5, 5.41) is 9.64. The van der Waals surface area contributed by atoms with Crippen molar-refractivity contribution in [3.05, 3.63) is 71.8 Å². The summed E-state index contributed by atoms with van der Waals surface area (Å²) >= 11 is 0. The van der Waals surface area contributed by atoms with Crippen LogP contribution >= 0.6 is 7.37 Å². The predicted molar refractivity (Wildman–Crippen MR) is 95.8 cm³/mol. The van der Waals surface area contributed by atoms with Gasteiger partial charge in [-0.25, -0.2) is 0 Å². The van der Waals surface area contributed by atoms with Crippen molar-refractivity contribution in [3.63, 3.8) is 0 Å². The Kier molecular flexibility index (Phi) is 6.77. The van der Waals surface area contributed by atoms with Crippen molar-refractivity contribution in [2.24, 2.45) is 0 Å². The van der Waals surface area contributed by atoms with Gasteiger partial charge >= 0.3 is 5.97 Å². The van der Waals surface area contributed by atoms with Gasteiger partial charge in [0.25, 0.3) is 0 Å². The highest BCUT2D eigenvalue weighted by atomic mass is 31.2. The van der Waals surface area contributed by atoms with E-state index in [1.807, 2.05) is 60.7 Å². The second-order valence-corrected chi connectivity index (χ2v) is 8.43. The first-order valence-electron chi connectivity index (χ1n) is 8.09. The molecule has 0 saturated heterocycles. The fourth-order valence-corrected chi connectivity index (χ4v) is 5.14.